The Morgan fingerprint density at radius 1 is 1.48 bits per heavy atom. The van der Waals surface area contributed by atoms with Crippen LogP contribution in [0.5, 0.6) is 0 Å². The molecule has 0 aliphatic carbocycles. The van der Waals surface area contributed by atoms with Crippen molar-refractivity contribution in [3.63, 3.8) is 0 Å². The van der Waals surface area contributed by atoms with Crippen molar-refractivity contribution in [2.24, 2.45) is 5.41 Å². The third kappa shape index (κ3) is 3.15. The number of hydrogen-bond acceptors (Lipinski definition) is 4. The van der Waals surface area contributed by atoms with E-state index < -0.39 is 11.4 Å². The van der Waals surface area contributed by atoms with Crippen molar-refractivity contribution >= 4 is 17.7 Å². The molecule has 1 fully saturated rings. The van der Waals surface area contributed by atoms with Crippen LogP contribution in [0, 0.1) is 5.41 Å². The van der Waals surface area contributed by atoms with Crippen LogP contribution in [0.1, 0.15) is 43.0 Å². The molecule has 2 rings (SSSR count). The van der Waals surface area contributed by atoms with Crippen molar-refractivity contribution < 1.29 is 14.7 Å². The number of aliphatic carboxylic acids is 1. The molecule has 21 heavy (non-hydrogen) atoms. The maximum atomic E-state index is 12.5. The first-order valence-corrected chi connectivity index (χ1v) is 7.23. The first-order chi connectivity index (χ1) is 9.98. The summed E-state index contributed by atoms with van der Waals surface area (Å²) >= 11 is 0. The van der Waals surface area contributed by atoms with Crippen molar-refractivity contribution in [1.82, 2.24) is 9.88 Å². The first kappa shape index (κ1) is 15.3. The minimum atomic E-state index is -0.816. The first-order valence-electron chi connectivity index (χ1n) is 7.23. The van der Waals surface area contributed by atoms with E-state index in [1.54, 1.807) is 17.0 Å². The molecule has 1 amide bonds. The number of nitrogen functional groups attached to an aromatic ring is 1. The van der Waals surface area contributed by atoms with E-state index in [0.29, 0.717) is 37.2 Å². The second-order valence-corrected chi connectivity index (χ2v) is 5.64. The largest absolute Gasteiger partial charge is 0.481 e. The number of amides is 1. The lowest BCUT2D eigenvalue weighted by Gasteiger charge is -2.40. The third-order valence-electron chi connectivity index (χ3n) is 4.08. The van der Waals surface area contributed by atoms with Crippen molar-refractivity contribution in [3.8, 4) is 0 Å². The highest BCUT2D eigenvalue weighted by Gasteiger charge is 2.42. The van der Waals surface area contributed by atoms with Gasteiger partial charge in [-0.1, -0.05) is 13.3 Å². The van der Waals surface area contributed by atoms with Gasteiger partial charge in [0.2, 0.25) is 0 Å². The predicted octanol–water partition coefficient (Wildman–Crippen LogP) is 1.77. The van der Waals surface area contributed by atoms with Gasteiger partial charge in [-0.25, -0.2) is 4.98 Å². The number of carboxylic acid groups (broad SMARTS) is 1. The lowest BCUT2D eigenvalue weighted by molar-refractivity contribution is -0.152. The standard InChI is InChI=1S/C15H21N3O3/c1-2-6-15(14(20)21)7-3-8-18(10-15)13(19)11-4-5-12(16)17-9-11/h4-5,9H,2-3,6-8,10H2,1H3,(H2,16,17)(H,20,21)/t15-/m1/s1. The molecule has 0 spiro atoms. The summed E-state index contributed by atoms with van der Waals surface area (Å²) in [7, 11) is 0. The predicted molar refractivity (Wildman–Crippen MR) is 78.8 cm³/mol. The Balaban J connectivity index is 2.18. The lowest BCUT2D eigenvalue weighted by atomic mass is 9.76. The summed E-state index contributed by atoms with van der Waals surface area (Å²) < 4.78 is 0. The number of likely N-dealkylation sites (tertiary alicyclic amines) is 1. The van der Waals surface area contributed by atoms with Gasteiger partial charge in [0.05, 0.1) is 11.0 Å². The fourth-order valence-electron chi connectivity index (χ4n) is 2.98. The van der Waals surface area contributed by atoms with Crippen LogP contribution in [0.2, 0.25) is 0 Å². The lowest BCUT2D eigenvalue weighted by Crippen LogP contribution is -2.49. The molecule has 1 atom stereocenters. The Hall–Kier alpha value is -2.11. The maximum absolute atomic E-state index is 12.5. The van der Waals surface area contributed by atoms with E-state index in [4.69, 9.17) is 5.73 Å². The zero-order valence-electron chi connectivity index (χ0n) is 12.2. The van der Waals surface area contributed by atoms with Gasteiger partial charge in [0.1, 0.15) is 5.82 Å². The number of aromatic nitrogens is 1. The molecule has 6 heteroatoms. The van der Waals surface area contributed by atoms with Crippen LogP contribution in [0.4, 0.5) is 5.82 Å². The summed E-state index contributed by atoms with van der Waals surface area (Å²) in [6, 6.07) is 3.20. The van der Waals surface area contributed by atoms with Gasteiger partial charge in [0.25, 0.3) is 5.91 Å². The minimum Gasteiger partial charge on any atom is -0.481 e. The van der Waals surface area contributed by atoms with Crippen molar-refractivity contribution in [2.45, 2.75) is 32.6 Å². The number of nitrogens with zero attached hydrogens (tertiary/aromatic N) is 2. The van der Waals surface area contributed by atoms with Crippen LogP contribution in [-0.2, 0) is 4.79 Å². The number of carboxylic acids is 1. The number of anilines is 1. The Bertz CT molecular complexity index is 525. The Morgan fingerprint density at radius 2 is 2.24 bits per heavy atom. The van der Waals surface area contributed by atoms with E-state index in [2.05, 4.69) is 4.98 Å². The monoisotopic (exact) mass is 291 g/mol. The summed E-state index contributed by atoms with van der Waals surface area (Å²) in [6.45, 7) is 2.82. The number of carbonyl (C=O) groups is 2. The quantitative estimate of drug-likeness (QED) is 0.881. The van der Waals surface area contributed by atoms with Gasteiger partial charge in [-0.15, -0.1) is 0 Å². The maximum Gasteiger partial charge on any atom is 0.311 e. The van der Waals surface area contributed by atoms with Crippen LogP contribution in [-0.4, -0.2) is 40.0 Å². The van der Waals surface area contributed by atoms with Gasteiger partial charge in [0.15, 0.2) is 0 Å². The van der Waals surface area contributed by atoms with E-state index >= 15 is 0 Å². The number of hydrogen-bond donors (Lipinski definition) is 2. The summed E-state index contributed by atoms with van der Waals surface area (Å²) in [5.74, 6) is -0.628. The van der Waals surface area contributed by atoms with Crippen LogP contribution in [0.15, 0.2) is 18.3 Å². The molecule has 0 aromatic carbocycles. The number of carbonyl (C=O) groups excluding carboxylic acids is 1. The smallest absolute Gasteiger partial charge is 0.311 e. The van der Waals surface area contributed by atoms with E-state index in [1.165, 1.54) is 6.20 Å². The molecule has 1 aliphatic rings. The molecular formula is C15H21N3O3. The molecule has 0 radical (unpaired) electrons. The van der Waals surface area contributed by atoms with Gasteiger partial charge in [-0.05, 0) is 31.4 Å². The molecule has 114 valence electrons. The van der Waals surface area contributed by atoms with Gasteiger partial charge in [-0.2, -0.15) is 0 Å². The number of rotatable bonds is 4. The normalized spacial score (nSPS) is 22.0. The average molecular weight is 291 g/mol. The Kier molecular flexibility index (Phi) is 4.45. The van der Waals surface area contributed by atoms with Gasteiger partial charge < -0.3 is 15.7 Å². The molecule has 2 heterocycles. The zero-order valence-corrected chi connectivity index (χ0v) is 12.2. The van der Waals surface area contributed by atoms with Crippen LogP contribution in [0.25, 0.3) is 0 Å². The Labute approximate surface area is 124 Å². The van der Waals surface area contributed by atoms with Crippen LogP contribution >= 0.6 is 0 Å². The topological polar surface area (TPSA) is 96.5 Å². The third-order valence-corrected chi connectivity index (χ3v) is 4.08. The molecule has 0 saturated carbocycles. The summed E-state index contributed by atoms with van der Waals surface area (Å²) in [5.41, 5.74) is 5.14. The fraction of sp³-hybridized carbons (Fsp3) is 0.533. The molecule has 0 unspecified atom stereocenters. The second kappa shape index (κ2) is 6.11. The van der Waals surface area contributed by atoms with Crippen molar-refractivity contribution in [2.75, 3.05) is 18.8 Å². The van der Waals surface area contributed by atoms with E-state index in [0.717, 1.165) is 6.42 Å². The molecule has 0 bridgehead atoms. The van der Waals surface area contributed by atoms with Gasteiger partial charge >= 0.3 is 5.97 Å². The molecule has 3 N–H and O–H groups in total. The molecule has 1 saturated heterocycles. The summed E-state index contributed by atoms with van der Waals surface area (Å²) in [4.78, 5) is 29.7. The average Bonchev–Trinajstić information content (AvgIpc) is 2.48. The Morgan fingerprint density at radius 3 is 2.81 bits per heavy atom. The fourth-order valence-corrected chi connectivity index (χ4v) is 2.98. The van der Waals surface area contributed by atoms with Crippen molar-refractivity contribution in [3.05, 3.63) is 23.9 Å². The van der Waals surface area contributed by atoms with Crippen LogP contribution in [0.3, 0.4) is 0 Å². The van der Waals surface area contributed by atoms with Crippen molar-refractivity contribution in [1.29, 1.82) is 0 Å². The molecular weight excluding hydrogens is 270 g/mol. The highest BCUT2D eigenvalue weighted by molar-refractivity contribution is 5.94. The van der Waals surface area contributed by atoms with Gasteiger partial charge in [0, 0.05) is 19.3 Å². The summed E-state index contributed by atoms with van der Waals surface area (Å²) in [6.07, 6.45) is 4.15. The SMILES string of the molecule is CCC[C@@]1(C(=O)O)CCCN(C(=O)c2ccc(N)nc2)C1. The molecule has 1 aliphatic heterocycles. The van der Waals surface area contributed by atoms with Crippen LogP contribution < -0.4 is 5.73 Å². The number of piperidine rings is 1. The zero-order chi connectivity index (χ0) is 15.5. The highest BCUT2D eigenvalue weighted by atomic mass is 16.4. The molecule has 6 nitrogen and oxygen atoms in total. The molecule has 1 aromatic heterocycles. The minimum absolute atomic E-state index is 0.177. The highest BCUT2D eigenvalue weighted by Crippen LogP contribution is 2.35. The van der Waals surface area contributed by atoms with E-state index in [9.17, 15) is 14.7 Å². The molecule has 1 aromatic rings. The summed E-state index contributed by atoms with van der Waals surface area (Å²) in [5, 5.41) is 9.56. The second-order valence-electron chi connectivity index (χ2n) is 5.64. The number of pyridine rings is 1. The van der Waals surface area contributed by atoms with E-state index in [-0.39, 0.29) is 12.5 Å². The van der Waals surface area contributed by atoms with Gasteiger partial charge in [-0.3, -0.25) is 9.59 Å². The number of nitrogens with two attached hydrogens (primary N) is 1. The van der Waals surface area contributed by atoms with E-state index in [1.807, 2.05) is 6.92 Å².